The normalized spacial score (nSPS) is 25.6. The fourth-order valence-corrected chi connectivity index (χ4v) is 9.64. The van der Waals surface area contributed by atoms with Crippen molar-refractivity contribution in [1.29, 1.82) is 0 Å². The number of phenolic OH excluding ortho intramolecular Hbond substituents is 1. The molecule has 2 aliphatic carbocycles. The lowest BCUT2D eigenvalue weighted by molar-refractivity contribution is -0.138. The van der Waals surface area contributed by atoms with E-state index in [1.54, 1.807) is 48.5 Å². The summed E-state index contributed by atoms with van der Waals surface area (Å²) < 4.78 is 11.3. The van der Waals surface area contributed by atoms with E-state index in [2.05, 4.69) is 5.43 Å². The number of carbonyl (C=O) groups excluding carboxylic acids is 4. The molecule has 14 heteroatoms. The van der Waals surface area contributed by atoms with Crippen LogP contribution in [0.1, 0.15) is 40.2 Å². The maximum Gasteiger partial charge on any atom is 0.335 e. The maximum atomic E-state index is 15.5. The number of hydrazine groups is 1. The summed E-state index contributed by atoms with van der Waals surface area (Å²) in [4.78, 5) is 72.0. The van der Waals surface area contributed by atoms with Gasteiger partial charge in [-0.05, 0) is 85.0 Å². The molecule has 4 aliphatic rings. The first kappa shape index (κ1) is 36.1. The minimum Gasteiger partial charge on any atom is -0.508 e. The molecule has 3 fully saturated rings. The zero-order chi connectivity index (χ0) is 38.9. The number of carboxylic acids is 1. The van der Waals surface area contributed by atoms with Gasteiger partial charge in [-0.3, -0.25) is 29.5 Å². The minimum absolute atomic E-state index is 0.0232. The molecule has 0 radical (unpaired) electrons. The van der Waals surface area contributed by atoms with Crippen LogP contribution >= 0.6 is 23.2 Å². The number of methoxy groups -OCH3 is 2. The highest BCUT2D eigenvalue weighted by atomic mass is 35.5. The van der Waals surface area contributed by atoms with Gasteiger partial charge in [-0.1, -0.05) is 59.1 Å². The quantitative estimate of drug-likeness (QED) is 0.131. The first-order valence-corrected chi connectivity index (χ1v) is 18.2. The van der Waals surface area contributed by atoms with E-state index in [-0.39, 0.29) is 51.9 Å². The predicted octanol–water partition coefficient (Wildman–Crippen LogP) is 6.60. The number of halogens is 2. The maximum absolute atomic E-state index is 15.5. The van der Waals surface area contributed by atoms with Crippen molar-refractivity contribution >= 4 is 64.2 Å². The topological polar surface area (TPSA) is 163 Å². The van der Waals surface area contributed by atoms with Crippen molar-refractivity contribution in [2.75, 3.05) is 24.5 Å². The summed E-state index contributed by atoms with van der Waals surface area (Å²) in [7, 11) is 2.94. The molecular weight excluding hydrogens is 749 g/mol. The van der Waals surface area contributed by atoms with Gasteiger partial charge in [-0.25, -0.2) is 4.79 Å². The molecule has 2 heterocycles. The van der Waals surface area contributed by atoms with E-state index in [0.29, 0.717) is 21.9 Å². The molecule has 0 bridgehead atoms. The number of carbonyl (C=O) groups is 5. The monoisotopic (exact) mass is 781 g/mol. The lowest BCUT2D eigenvalue weighted by Crippen LogP contribution is -2.53. The van der Waals surface area contributed by atoms with Crippen molar-refractivity contribution in [2.24, 2.45) is 23.7 Å². The first-order chi connectivity index (χ1) is 26.4. The van der Waals surface area contributed by atoms with Gasteiger partial charge in [-0.15, -0.1) is 0 Å². The van der Waals surface area contributed by atoms with Crippen LogP contribution in [0, 0.1) is 23.7 Å². The number of nitrogens with one attached hydrogen (secondary N) is 1. The SMILES string of the molecule is COc1ccc([C@@]23C(=O)N(Nc4ccc(Cl)cc4Cl)C(=O)[C@@H]2C[C@@H]2C(=CC[C@@H]4C(=O)N(c5cccc(C(=O)O)c5)C(=O)[C@@H]42)[C@@H]3c2c(O)cccc2OC)cc1. The number of imide groups is 2. The molecule has 1 saturated carbocycles. The second-order valence-corrected chi connectivity index (χ2v) is 14.8. The third-order valence-electron chi connectivity index (χ3n) is 11.5. The summed E-state index contributed by atoms with van der Waals surface area (Å²) >= 11 is 12.7. The smallest absolute Gasteiger partial charge is 0.335 e. The van der Waals surface area contributed by atoms with E-state index in [0.717, 1.165) is 9.91 Å². The van der Waals surface area contributed by atoms with Gasteiger partial charge in [0.05, 0.1) is 59.3 Å². The molecule has 4 aromatic carbocycles. The Bertz CT molecular complexity index is 2350. The van der Waals surface area contributed by atoms with Crippen LogP contribution in [0.4, 0.5) is 11.4 Å². The summed E-state index contributed by atoms with van der Waals surface area (Å²) in [5.74, 6) is -7.76. The van der Waals surface area contributed by atoms with Crippen molar-refractivity contribution in [1.82, 2.24) is 5.01 Å². The molecule has 280 valence electrons. The number of hydrogen-bond acceptors (Lipinski definition) is 9. The Morgan fingerprint density at radius 3 is 2.31 bits per heavy atom. The molecule has 0 spiro atoms. The largest absolute Gasteiger partial charge is 0.508 e. The molecular formula is C41H33Cl2N3O9. The average Bonchev–Trinajstić information content (AvgIpc) is 3.56. The predicted molar refractivity (Wildman–Crippen MR) is 201 cm³/mol. The van der Waals surface area contributed by atoms with Gasteiger partial charge in [0, 0.05) is 16.5 Å². The van der Waals surface area contributed by atoms with E-state index in [1.807, 2.05) is 6.08 Å². The molecule has 2 saturated heterocycles. The highest BCUT2D eigenvalue weighted by Crippen LogP contribution is 2.66. The van der Waals surface area contributed by atoms with E-state index in [4.69, 9.17) is 32.7 Å². The van der Waals surface area contributed by atoms with Crippen molar-refractivity contribution in [3.05, 3.63) is 123 Å². The van der Waals surface area contributed by atoms with E-state index < -0.39 is 64.6 Å². The average molecular weight is 783 g/mol. The molecule has 4 amide bonds. The summed E-state index contributed by atoms with van der Waals surface area (Å²) in [5.41, 5.74) is 2.74. The lowest BCUT2D eigenvalue weighted by Gasteiger charge is -2.50. The molecule has 0 aromatic heterocycles. The summed E-state index contributed by atoms with van der Waals surface area (Å²) in [5, 5.41) is 22.8. The molecule has 12 nitrogen and oxygen atoms in total. The zero-order valence-corrected chi connectivity index (χ0v) is 30.9. The number of carboxylic acid groups (broad SMARTS) is 1. The van der Waals surface area contributed by atoms with Crippen molar-refractivity contribution in [3.63, 3.8) is 0 Å². The van der Waals surface area contributed by atoms with Crippen LogP contribution in [-0.2, 0) is 24.6 Å². The Labute approximate surface area is 324 Å². The molecule has 3 N–H and O–H groups in total. The van der Waals surface area contributed by atoms with Crippen LogP contribution in [0.25, 0.3) is 0 Å². The van der Waals surface area contributed by atoms with Gasteiger partial charge < -0.3 is 19.7 Å². The van der Waals surface area contributed by atoms with Gasteiger partial charge in [0.15, 0.2) is 0 Å². The Hall–Kier alpha value is -5.85. The van der Waals surface area contributed by atoms with Gasteiger partial charge in [-0.2, -0.15) is 5.01 Å². The summed E-state index contributed by atoms with van der Waals surface area (Å²) in [6.07, 6.45) is 1.93. The number of phenols is 1. The standard InChI is InChI=1S/C41H33Cl2N3O9/c1-54-24-12-9-21(10-13-24)41-28(37(49)46(40(41)53)44-30-16-11-22(42)18-29(30)43)19-27-25(35(41)34-31(47)7-4-8-32(34)55-2)14-15-26-33(27)38(50)45(36(26)48)23-6-3-5-20(17-23)39(51)52/h3-14,16-18,26-28,33,35,44,47H,15,19H2,1-2H3,(H,51,52)/t26-,27+,28-,33-,35+,41+/m0/s1. The number of aromatic hydroxyl groups is 1. The number of fused-ring (bicyclic) bond motifs is 4. The minimum atomic E-state index is -1.72. The van der Waals surface area contributed by atoms with Crippen LogP contribution in [-0.4, -0.2) is 59.0 Å². The Kier molecular flexibility index (Phi) is 8.85. The second kappa shape index (κ2) is 13.5. The van der Waals surface area contributed by atoms with Crippen LogP contribution < -0.4 is 19.8 Å². The summed E-state index contributed by atoms with van der Waals surface area (Å²) in [6.45, 7) is 0. The number of hydrogen-bond donors (Lipinski definition) is 3. The number of ether oxygens (including phenoxy) is 2. The van der Waals surface area contributed by atoms with Crippen LogP contribution in [0.3, 0.4) is 0 Å². The third kappa shape index (κ3) is 5.37. The lowest BCUT2D eigenvalue weighted by atomic mass is 9.49. The number of allylic oxidation sites excluding steroid dienone is 2. The van der Waals surface area contributed by atoms with Gasteiger partial charge >= 0.3 is 5.97 Å². The number of aromatic carboxylic acids is 1. The van der Waals surface area contributed by atoms with E-state index >= 15 is 4.79 Å². The van der Waals surface area contributed by atoms with E-state index in [1.165, 1.54) is 50.6 Å². The molecule has 8 rings (SSSR count). The van der Waals surface area contributed by atoms with Crippen molar-refractivity contribution in [3.8, 4) is 17.2 Å². The molecule has 6 atom stereocenters. The van der Waals surface area contributed by atoms with Crippen molar-refractivity contribution in [2.45, 2.75) is 24.2 Å². The summed E-state index contributed by atoms with van der Waals surface area (Å²) in [6, 6.07) is 21.7. The van der Waals surface area contributed by atoms with Crippen LogP contribution in [0.15, 0.2) is 96.6 Å². The van der Waals surface area contributed by atoms with Crippen LogP contribution in [0.5, 0.6) is 17.2 Å². The fraction of sp³-hybridized carbons (Fsp3) is 0.244. The number of nitrogens with zero attached hydrogens (tertiary/aromatic N) is 2. The molecule has 0 unspecified atom stereocenters. The highest BCUT2D eigenvalue weighted by molar-refractivity contribution is 6.36. The molecule has 2 aliphatic heterocycles. The Morgan fingerprint density at radius 1 is 0.873 bits per heavy atom. The highest BCUT2D eigenvalue weighted by Gasteiger charge is 2.71. The second-order valence-electron chi connectivity index (χ2n) is 14.0. The zero-order valence-electron chi connectivity index (χ0n) is 29.4. The Morgan fingerprint density at radius 2 is 1.62 bits per heavy atom. The van der Waals surface area contributed by atoms with Gasteiger partial charge in [0.2, 0.25) is 11.8 Å². The Balaban J connectivity index is 1.35. The fourth-order valence-electron chi connectivity index (χ4n) is 9.19. The number of rotatable bonds is 8. The molecule has 55 heavy (non-hydrogen) atoms. The van der Waals surface area contributed by atoms with Crippen molar-refractivity contribution < 1.29 is 43.7 Å². The number of benzene rings is 4. The van der Waals surface area contributed by atoms with Crippen LogP contribution in [0.2, 0.25) is 10.0 Å². The number of amides is 4. The molecule has 4 aromatic rings. The third-order valence-corrected chi connectivity index (χ3v) is 12.0. The number of anilines is 2. The van der Waals surface area contributed by atoms with E-state index in [9.17, 15) is 29.4 Å². The van der Waals surface area contributed by atoms with Gasteiger partial charge in [0.1, 0.15) is 17.2 Å². The first-order valence-electron chi connectivity index (χ1n) is 17.4. The van der Waals surface area contributed by atoms with Gasteiger partial charge in [0.25, 0.3) is 11.8 Å².